The molecular formula is C24H35N5O. The molecule has 1 aromatic carbocycles. The Hall–Kier alpha value is -2.18. The molecule has 30 heavy (non-hydrogen) atoms. The van der Waals surface area contributed by atoms with Crippen molar-refractivity contribution in [1.29, 1.82) is 0 Å². The normalized spacial score (nSPS) is 21.0. The van der Waals surface area contributed by atoms with Crippen LogP contribution in [0.3, 0.4) is 0 Å². The van der Waals surface area contributed by atoms with E-state index in [9.17, 15) is 4.79 Å². The van der Waals surface area contributed by atoms with Crippen molar-refractivity contribution in [2.24, 2.45) is 0 Å². The van der Waals surface area contributed by atoms with Gasteiger partial charge in [0, 0.05) is 44.7 Å². The molecule has 2 aromatic rings. The molecule has 2 fully saturated rings. The second-order valence-corrected chi connectivity index (χ2v) is 9.79. The Labute approximate surface area is 180 Å². The van der Waals surface area contributed by atoms with Crippen LogP contribution in [0.1, 0.15) is 67.3 Å². The number of carbonyl (C=O) groups is 1. The maximum atomic E-state index is 13.0. The van der Waals surface area contributed by atoms with Crippen LogP contribution >= 0.6 is 0 Å². The van der Waals surface area contributed by atoms with Crippen molar-refractivity contribution in [3.8, 4) is 0 Å². The first-order valence-corrected chi connectivity index (χ1v) is 11.2. The molecule has 2 heterocycles. The number of likely N-dealkylation sites (N-methyl/N-ethyl adjacent to an activating group) is 1. The minimum Gasteiger partial charge on any atom is -0.349 e. The van der Waals surface area contributed by atoms with E-state index in [1.54, 1.807) is 0 Å². The highest BCUT2D eigenvalue weighted by atomic mass is 16.2. The van der Waals surface area contributed by atoms with Gasteiger partial charge >= 0.3 is 0 Å². The van der Waals surface area contributed by atoms with E-state index in [0.717, 1.165) is 31.9 Å². The molecule has 1 atom stereocenters. The minimum absolute atomic E-state index is 0.0188. The van der Waals surface area contributed by atoms with Gasteiger partial charge in [0.25, 0.3) is 5.91 Å². The highest BCUT2D eigenvalue weighted by Gasteiger charge is 2.31. The van der Waals surface area contributed by atoms with E-state index in [1.165, 1.54) is 18.4 Å². The van der Waals surface area contributed by atoms with Gasteiger partial charge in [-0.2, -0.15) is 5.10 Å². The number of benzene rings is 1. The molecule has 1 aromatic heterocycles. The highest BCUT2D eigenvalue weighted by Crippen LogP contribution is 2.40. The molecule has 0 unspecified atom stereocenters. The summed E-state index contributed by atoms with van der Waals surface area (Å²) in [4.78, 5) is 17.9. The number of rotatable bonds is 6. The average molecular weight is 410 g/mol. The van der Waals surface area contributed by atoms with Crippen LogP contribution in [0.25, 0.3) is 0 Å². The van der Waals surface area contributed by atoms with Gasteiger partial charge in [-0.1, -0.05) is 30.3 Å². The number of amides is 1. The highest BCUT2D eigenvalue weighted by molar-refractivity contribution is 5.92. The number of piperazine rings is 1. The van der Waals surface area contributed by atoms with Gasteiger partial charge in [-0.15, -0.1) is 0 Å². The predicted octanol–water partition coefficient (Wildman–Crippen LogP) is 3.23. The van der Waals surface area contributed by atoms with E-state index in [2.05, 4.69) is 73.3 Å². The zero-order chi connectivity index (χ0) is 21.3. The quantitative estimate of drug-likeness (QED) is 0.796. The Bertz CT molecular complexity index is 865. The van der Waals surface area contributed by atoms with Crippen LogP contribution in [0.2, 0.25) is 0 Å². The van der Waals surface area contributed by atoms with Crippen LogP contribution in [0.4, 0.5) is 0 Å². The van der Waals surface area contributed by atoms with E-state index in [-0.39, 0.29) is 11.4 Å². The lowest BCUT2D eigenvalue weighted by Gasteiger charge is -2.40. The van der Waals surface area contributed by atoms with Gasteiger partial charge in [0.15, 0.2) is 0 Å². The molecule has 2 aliphatic rings. The first kappa shape index (κ1) is 21.1. The zero-order valence-electron chi connectivity index (χ0n) is 18.8. The largest absolute Gasteiger partial charge is 0.349 e. The van der Waals surface area contributed by atoms with Gasteiger partial charge < -0.3 is 10.2 Å². The molecule has 6 heteroatoms. The van der Waals surface area contributed by atoms with Gasteiger partial charge in [-0.05, 0) is 52.3 Å². The average Bonchev–Trinajstić information content (AvgIpc) is 3.46. The minimum atomic E-state index is -0.213. The molecule has 162 valence electrons. The number of nitrogens with zero attached hydrogens (tertiary/aromatic N) is 4. The summed E-state index contributed by atoms with van der Waals surface area (Å²) in [5, 5.41) is 7.92. The van der Waals surface area contributed by atoms with Crippen molar-refractivity contribution in [3.63, 3.8) is 0 Å². The molecule has 6 nitrogen and oxygen atoms in total. The molecule has 0 radical (unpaired) electrons. The topological polar surface area (TPSA) is 53.4 Å². The number of aromatic nitrogens is 2. The lowest BCUT2D eigenvalue weighted by atomic mass is 10.0. The summed E-state index contributed by atoms with van der Waals surface area (Å²) >= 11 is 0. The van der Waals surface area contributed by atoms with Crippen molar-refractivity contribution in [1.82, 2.24) is 24.9 Å². The Morgan fingerprint density at radius 1 is 1.17 bits per heavy atom. The van der Waals surface area contributed by atoms with E-state index in [0.29, 0.717) is 24.2 Å². The van der Waals surface area contributed by atoms with Gasteiger partial charge in [0.05, 0.1) is 11.2 Å². The van der Waals surface area contributed by atoms with Crippen molar-refractivity contribution < 1.29 is 4.79 Å². The number of nitrogens with one attached hydrogen (secondary N) is 1. The lowest BCUT2D eigenvalue weighted by Crippen LogP contribution is -2.49. The van der Waals surface area contributed by atoms with Crippen LogP contribution in [-0.2, 0) is 5.54 Å². The molecular weight excluding hydrogens is 374 g/mol. The molecule has 0 bridgehead atoms. The zero-order valence-corrected chi connectivity index (χ0v) is 18.8. The molecule has 1 aliphatic heterocycles. The van der Waals surface area contributed by atoms with E-state index < -0.39 is 0 Å². The van der Waals surface area contributed by atoms with Crippen LogP contribution in [-0.4, -0.2) is 65.3 Å². The maximum absolute atomic E-state index is 13.0. The third-order valence-corrected chi connectivity index (χ3v) is 6.16. The second-order valence-electron chi connectivity index (χ2n) is 9.79. The standard InChI is InChI=1S/C24H35N5O/c1-24(2,3)29-21(16-20(26-29)18-10-11-18)23(30)25-12-13-28-15-14-27(4)17-22(28)19-8-6-5-7-9-19/h5-9,16,18,22H,10-15,17H2,1-4H3,(H,25,30)/t22-/m0/s1. The van der Waals surface area contributed by atoms with Gasteiger partial charge in [-0.3, -0.25) is 14.4 Å². The monoisotopic (exact) mass is 409 g/mol. The Kier molecular flexibility index (Phi) is 5.98. The summed E-state index contributed by atoms with van der Waals surface area (Å²) in [5.41, 5.74) is 2.88. The molecule has 1 N–H and O–H groups in total. The van der Waals surface area contributed by atoms with E-state index >= 15 is 0 Å². The van der Waals surface area contributed by atoms with E-state index in [4.69, 9.17) is 5.10 Å². The Morgan fingerprint density at radius 2 is 1.90 bits per heavy atom. The fourth-order valence-corrected chi connectivity index (χ4v) is 4.27. The predicted molar refractivity (Wildman–Crippen MR) is 120 cm³/mol. The summed E-state index contributed by atoms with van der Waals surface area (Å²) < 4.78 is 1.90. The summed E-state index contributed by atoms with van der Waals surface area (Å²) in [6, 6.07) is 13.1. The number of carbonyl (C=O) groups excluding carboxylic acids is 1. The number of hydrogen-bond donors (Lipinski definition) is 1. The van der Waals surface area contributed by atoms with Crippen LogP contribution in [0.5, 0.6) is 0 Å². The SMILES string of the molecule is CN1CCN(CCNC(=O)c2cc(C3CC3)nn2C(C)(C)C)[C@H](c2ccccc2)C1. The van der Waals surface area contributed by atoms with Crippen LogP contribution in [0, 0.1) is 0 Å². The third-order valence-electron chi connectivity index (χ3n) is 6.16. The van der Waals surface area contributed by atoms with Crippen molar-refractivity contribution in [2.75, 3.05) is 39.8 Å². The molecule has 4 rings (SSSR count). The van der Waals surface area contributed by atoms with Crippen molar-refractivity contribution in [3.05, 3.63) is 53.3 Å². The van der Waals surface area contributed by atoms with Gasteiger partial charge in [-0.25, -0.2) is 0 Å². The molecule has 0 spiro atoms. The summed E-state index contributed by atoms with van der Waals surface area (Å²) in [6.45, 7) is 10.9. The van der Waals surface area contributed by atoms with Crippen LogP contribution < -0.4 is 5.32 Å². The maximum Gasteiger partial charge on any atom is 0.269 e. The first-order chi connectivity index (χ1) is 14.3. The molecule has 1 saturated heterocycles. The fourth-order valence-electron chi connectivity index (χ4n) is 4.27. The lowest BCUT2D eigenvalue weighted by molar-refractivity contribution is 0.0834. The smallest absolute Gasteiger partial charge is 0.269 e. The van der Waals surface area contributed by atoms with Gasteiger partial charge in [0.1, 0.15) is 5.69 Å². The van der Waals surface area contributed by atoms with Crippen molar-refractivity contribution >= 4 is 5.91 Å². The van der Waals surface area contributed by atoms with Crippen molar-refractivity contribution in [2.45, 2.75) is 51.1 Å². The summed E-state index contributed by atoms with van der Waals surface area (Å²) in [7, 11) is 2.18. The Balaban J connectivity index is 1.40. The van der Waals surface area contributed by atoms with Gasteiger partial charge in [0.2, 0.25) is 0 Å². The fraction of sp³-hybridized carbons (Fsp3) is 0.583. The van der Waals surface area contributed by atoms with E-state index in [1.807, 2.05) is 10.7 Å². The molecule has 1 amide bonds. The third kappa shape index (κ3) is 4.76. The number of hydrogen-bond acceptors (Lipinski definition) is 4. The first-order valence-electron chi connectivity index (χ1n) is 11.2. The summed E-state index contributed by atoms with van der Waals surface area (Å²) in [5.74, 6) is 0.520. The summed E-state index contributed by atoms with van der Waals surface area (Å²) in [6.07, 6.45) is 2.37. The Morgan fingerprint density at radius 3 is 2.57 bits per heavy atom. The second kappa shape index (κ2) is 8.52. The molecule has 1 aliphatic carbocycles. The van der Waals surface area contributed by atoms with Crippen LogP contribution in [0.15, 0.2) is 36.4 Å². The molecule has 1 saturated carbocycles.